The van der Waals surface area contributed by atoms with Gasteiger partial charge in [-0.05, 0) is 49.4 Å². The summed E-state index contributed by atoms with van der Waals surface area (Å²) >= 11 is 0. The van der Waals surface area contributed by atoms with E-state index >= 15 is 0 Å². The molecule has 0 spiro atoms. The van der Waals surface area contributed by atoms with Crippen molar-refractivity contribution in [3.05, 3.63) is 35.0 Å². The number of benzene rings is 1. The molecule has 94 valence electrons. The monoisotopic (exact) mass is 243 g/mol. The van der Waals surface area contributed by atoms with Gasteiger partial charge in [0.1, 0.15) is 0 Å². The van der Waals surface area contributed by atoms with Crippen molar-refractivity contribution in [3.63, 3.8) is 0 Å². The number of hydrogen-bond donors (Lipinski definition) is 1. The maximum atomic E-state index is 10.7. The number of carboxylic acid groups (broad SMARTS) is 1. The van der Waals surface area contributed by atoms with Crippen LogP contribution in [0.4, 0.5) is 0 Å². The highest BCUT2D eigenvalue weighted by molar-refractivity contribution is 5.86. The average molecular weight is 243 g/mol. The van der Waals surface area contributed by atoms with Crippen molar-refractivity contribution in [1.29, 1.82) is 0 Å². The molecule has 2 aromatic rings. The third-order valence-corrected chi connectivity index (χ3v) is 3.79. The van der Waals surface area contributed by atoms with Crippen molar-refractivity contribution < 1.29 is 9.90 Å². The van der Waals surface area contributed by atoms with Gasteiger partial charge < -0.3 is 9.67 Å². The smallest absolute Gasteiger partial charge is 0.303 e. The lowest BCUT2D eigenvalue weighted by molar-refractivity contribution is -0.136. The lowest BCUT2D eigenvalue weighted by Gasteiger charge is -2.18. The fraction of sp³-hybridized carbons (Fsp3) is 0.400. The molecule has 3 rings (SSSR count). The van der Waals surface area contributed by atoms with Crippen LogP contribution in [0.1, 0.15) is 29.7 Å². The first-order chi connectivity index (χ1) is 8.65. The Morgan fingerprint density at radius 2 is 2.22 bits per heavy atom. The minimum absolute atomic E-state index is 0.213. The molecule has 1 aromatic carbocycles. The molecule has 3 nitrogen and oxygen atoms in total. The molecule has 0 bridgehead atoms. The number of aliphatic carboxylic acids is 1. The number of carbonyl (C=O) groups is 1. The number of carboxylic acids is 1. The molecule has 2 heterocycles. The van der Waals surface area contributed by atoms with Crippen LogP contribution in [0.5, 0.6) is 0 Å². The summed E-state index contributed by atoms with van der Waals surface area (Å²) in [6, 6.07) is 6.56. The first-order valence-electron chi connectivity index (χ1n) is 6.48. The summed E-state index contributed by atoms with van der Waals surface area (Å²) in [6.07, 6.45) is 3.13. The Labute approximate surface area is 106 Å². The second kappa shape index (κ2) is 4.16. The highest BCUT2D eigenvalue weighted by Crippen LogP contribution is 2.30. The second-order valence-electron chi connectivity index (χ2n) is 5.13. The van der Waals surface area contributed by atoms with Crippen molar-refractivity contribution in [2.45, 2.75) is 39.2 Å². The minimum Gasteiger partial charge on any atom is -0.481 e. The number of aromatic nitrogens is 1. The number of nitrogens with zero attached hydrogens (tertiary/aromatic N) is 1. The van der Waals surface area contributed by atoms with Gasteiger partial charge in [-0.3, -0.25) is 4.79 Å². The Balaban J connectivity index is 2.07. The number of hydrogen-bond acceptors (Lipinski definition) is 1. The van der Waals surface area contributed by atoms with E-state index in [0.29, 0.717) is 6.42 Å². The third-order valence-electron chi connectivity index (χ3n) is 3.79. The van der Waals surface area contributed by atoms with Gasteiger partial charge in [-0.25, -0.2) is 0 Å². The minimum atomic E-state index is -0.725. The molecular formula is C15H17NO2. The molecule has 1 N–H and O–H groups in total. The first-order valence-corrected chi connectivity index (χ1v) is 6.48. The Kier molecular flexibility index (Phi) is 2.62. The van der Waals surface area contributed by atoms with E-state index in [2.05, 4.69) is 29.7 Å². The topological polar surface area (TPSA) is 42.2 Å². The van der Waals surface area contributed by atoms with Crippen LogP contribution in [0, 0.1) is 6.92 Å². The van der Waals surface area contributed by atoms with Gasteiger partial charge in [-0.2, -0.15) is 0 Å². The Morgan fingerprint density at radius 3 is 3.00 bits per heavy atom. The predicted molar refractivity (Wildman–Crippen MR) is 71.0 cm³/mol. The van der Waals surface area contributed by atoms with Crippen LogP contribution in [0.3, 0.4) is 0 Å². The zero-order chi connectivity index (χ0) is 12.7. The second-order valence-corrected chi connectivity index (χ2v) is 5.13. The Morgan fingerprint density at radius 1 is 1.39 bits per heavy atom. The number of rotatable bonds is 3. The molecule has 0 saturated carbocycles. The molecular weight excluding hydrogens is 226 g/mol. The molecule has 1 aliphatic rings. The lowest BCUT2D eigenvalue weighted by atomic mass is 9.98. The van der Waals surface area contributed by atoms with Gasteiger partial charge >= 0.3 is 5.97 Å². The molecule has 0 atom stereocenters. The SMILES string of the molecule is Cc1cc2cc(CCC(=O)O)cc3c2n1CCC3. The van der Waals surface area contributed by atoms with Crippen molar-refractivity contribution in [2.75, 3.05) is 0 Å². The van der Waals surface area contributed by atoms with Crippen LogP contribution >= 0.6 is 0 Å². The van der Waals surface area contributed by atoms with Gasteiger partial charge in [0.05, 0.1) is 5.52 Å². The van der Waals surface area contributed by atoms with E-state index in [1.165, 1.54) is 28.6 Å². The van der Waals surface area contributed by atoms with E-state index in [4.69, 9.17) is 5.11 Å². The Hall–Kier alpha value is -1.77. The van der Waals surface area contributed by atoms with Crippen LogP contribution < -0.4 is 0 Å². The molecule has 1 aliphatic heterocycles. The molecule has 0 radical (unpaired) electrons. The van der Waals surface area contributed by atoms with E-state index in [9.17, 15) is 4.79 Å². The van der Waals surface area contributed by atoms with E-state index in [0.717, 1.165) is 18.5 Å². The molecule has 1 aromatic heterocycles. The van der Waals surface area contributed by atoms with Gasteiger partial charge in [0, 0.05) is 24.0 Å². The quantitative estimate of drug-likeness (QED) is 0.900. The van der Waals surface area contributed by atoms with Crippen LogP contribution in [0.25, 0.3) is 10.9 Å². The fourth-order valence-electron chi connectivity index (χ4n) is 3.01. The molecule has 0 aliphatic carbocycles. The van der Waals surface area contributed by atoms with Crippen molar-refractivity contribution >= 4 is 16.9 Å². The fourth-order valence-corrected chi connectivity index (χ4v) is 3.01. The van der Waals surface area contributed by atoms with Crippen LogP contribution in [0.15, 0.2) is 18.2 Å². The molecule has 18 heavy (non-hydrogen) atoms. The molecule has 3 heteroatoms. The normalized spacial score (nSPS) is 14.1. The third kappa shape index (κ3) is 1.80. The standard InChI is InChI=1S/C15H17NO2/c1-10-7-13-9-11(4-5-14(17)18)8-12-3-2-6-16(10)15(12)13/h7-9H,2-6H2,1H3,(H,17,18). The average Bonchev–Trinajstić information content (AvgIpc) is 2.66. The van der Waals surface area contributed by atoms with Gasteiger partial charge in [0.15, 0.2) is 0 Å². The van der Waals surface area contributed by atoms with E-state index < -0.39 is 5.97 Å². The summed E-state index contributed by atoms with van der Waals surface area (Å²) < 4.78 is 2.38. The summed E-state index contributed by atoms with van der Waals surface area (Å²) in [5.41, 5.74) is 5.20. The van der Waals surface area contributed by atoms with E-state index in [1.807, 2.05) is 0 Å². The van der Waals surface area contributed by atoms with E-state index in [1.54, 1.807) is 0 Å². The van der Waals surface area contributed by atoms with E-state index in [-0.39, 0.29) is 6.42 Å². The van der Waals surface area contributed by atoms with Crippen molar-refractivity contribution in [2.24, 2.45) is 0 Å². The maximum absolute atomic E-state index is 10.7. The highest BCUT2D eigenvalue weighted by Gasteiger charge is 2.15. The van der Waals surface area contributed by atoms with Crippen LogP contribution in [-0.4, -0.2) is 15.6 Å². The Bertz CT molecular complexity index is 625. The lowest BCUT2D eigenvalue weighted by Crippen LogP contribution is -2.09. The molecule has 0 fully saturated rings. The summed E-state index contributed by atoms with van der Waals surface area (Å²) in [7, 11) is 0. The molecule has 0 saturated heterocycles. The predicted octanol–water partition coefficient (Wildman–Crippen LogP) is 2.91. The van der Waals surface area contributed by atoms with Crippen molar-refractivity contribution in [1.82, 2.24) is 4.57 Å². The van der Waals surface area contributed by atoms with Gasteiger partial charge in [-0.15, -0.1) is 0 Å². The molecule has 0 amide bonds. The van der Waals surface area contributed by atoms with Crippen LogP contribution in [0.2, 0.25) is 0 Å². The zero-order valence-corrected chi connectivity index (χ0v) is 10.6. The largest absolute Gasteiger partial charge is 0.481 e. The number of aryl methyl sites for hydroxylation is 4. The summed E-state index contributed by atoms with van der Waals surface area (Å²) in [5, 5.41) is 10.0. The van der Waals surface area contributed by atoms with Gasteiger partial charge in [-0.1, -0.05) is 6.07 Å². The van der Waals surface area contributed by atoms with Crippen molar-refractivity contribution in [3.8, 4) is 0 Å². The first kappa shape index (κ1) is 11.3. The summed E-state index contributed by atoms with van der Waals surface area (Å²) in [6.45, 7) is 3.25. The van der Waals surface area contributed by atoms with Crippen LogP contribution in [-0.2, 0) is 24.2 Å². The maximum Gasteiger partial charge on any atom is 0.303 e. The molecule has 0 unspecified atom stereocenters. The summed E-state index contributed by atoms with van der Waals surface area (Å²) in [5.74, 6) is -0.725. The summed E-state index contributed by atoms with van der Waals surface area (Å²) in [4.78, 5) is 10.7. The van der Waals surface area contributed by atoms with Gasteiger partial charge in [0.2, 0.25) is 0 Å². The highest BCUT2D eigenvalue weighted by atomic mass is 16.4. The zero-order valence-electron chi connectivity index (χ0n) is 10.6. The van der Waals surface area contributed by atoms with Gasteiger partial charge in [0.25, 0.3) is 0 Å².